The van der Waals surface area contributed by atoms with Gasteiger partial charge in [0.25, 0.3) is 14.0 Å². The van der Waals surface area contributed by atoms with E-state index in [0.29, 0.717) is 28.0 Å². The molecule has 11 heteroatoms. The Balaban J connectivity index is 1.79. The van der Waals surface area contributed by atoms with Crippen molar-refractivity contribution >= 4 is 36.0 Å². The van der Waals surface area contributed by atoms with Gasteiger partial charge in [-0.15, -0.1) is 0 Å². The summed E-state index contributed by atoms with van der Waals surface area (Å²) in [6.07, 6.45) is -1.38. The molecule has 1 amide bonds. The van der Waals surface area contributed by atoms with Gasteiger partial charge in [0.1, 0.15) is 5.75 Å². The van der Waals surface area contributed by atoms with Crippen molar-refractivity contribution in [2.75, 3.05) is 13.7 Å². The second-order valence-corrected chi connectivity index (χ2v) is 16.1. The van der Waals surface area contributed by atoms with E-state index in [1.165, 1.54) is 30.0 Å². The van der Waals surface area contributed by atoms with Crippen LogP contribution in [0, 0.1) is 10.1 Å². The Bertz CT molecular complexity index is 1160. The fraction of sp³-hybridized carbons (Fsp3) is 0.480. The van der Waals surface area contributed by atoms with E-state index in [9.17, 15) is 20.0 Å². The summed E-state index contributed by atoms with van der Waals surface area (Å²) < 4.78 is 18.0. The summed E-state index contributed by atoms with van der Waals surface area (Å²) in [6, 6.07) is 9.79. The number of nitro groups is 1. The van der Waals surface area contributed by atoms with Gasteiger partial charge in [0.05, 0.1) is 12.0 Å². The molecule has 0 spiro atoms. The predicted molar refractivity (Wildman–Crippen MR) is 142 cm³/mol. The van der Waals surface area contributed by atoms with Gasteiger partial charge in [-0.25, -0.2) is 4.79 Å². The van der Waals surface area contributed by atoms with Crippen LogP contribution in [0.15, 0.2) is 40.9 Å². The summed E-state index contributed by atoms with van der Waals surface area (Å²) in [5, 5.41) is 22.5. The first-order chi connectivity index (χ1) is 16.6. The number of ether oxygens (including phenoxy) is 2. The van der Waals surface area contributed by atoms with Crippen LogP contribution in [0.2, 0.25) is 18.1 Å². The van der Waals surface area contributed by atoms with E-state index in [-0.39, 0.29) is 17.3 Å². The zero-order valence-electron chi connectivity index (χ0n) is 21.6. The van der Waals surface area contributed by atoms with Crippen LogP contribution in [0.4, 0.5) is 10.5 Å². The minimum atomic E-state index is -2.06. The van der Waals surface area contributed by atoms with Crippen LogP contribution < -0.4 is 9.16 Å². The van der Waals surface area contributed by atoms with Gasteiger partial charge in [0.2, 0.25) is 0 Å². The minimum absolute atomic E-state index is 0.0309. The lowest BCUT2D eigenvalue weighted by molar-refractivity contribution is -0.385. The molecule has 2 aromatic carbocycles. The number of rotatable bonds is 8. The molecule has 0 aliphatic carbocycles. The number of cyclic esters (lactones) is 1. The van der Waals surface area contributed by atoms with E-state index in [1.807, 2.05) is 18.2 Å². The lowest BCUT2D eigenvalue weighted by Crippen LogP contribution is -2.46. The van der Waals surface area contributed by atoms with Crippen LogP contribution in [0.25, 0.3) is 0 Å². The molecule has 0 bridgehead atoms. The molecule has 36 heavy (non-hydrogen) atoms. The van der Waals surface area contributed by atoms with Crippen LogP contribution in [0.5, 0.6) is 11.5 Å². The zero-order valence-corrected chi connectivity index (χ0v) is 24.2. The normalized spacial score (nSPS) is 20.3. The number of nitro benzene ring substituents is 1. The number of benzene rings is 2. The Morgan fingerprint density at radius 3 is 2.47 bits per heavy atom. The molecular weight excluding hydrogens is 548 g/mol. The number of aliphatic hydroxyl groups is 1. The van der Waals surface area contributed by atoms with Gasteiger partial charge < -0.3 is 19.0 Å². The lowest BCUT2D eigenvalue weighted by atomic mass is 9.99. The maximum atomic E-state index is 12.7. The third kappa shape index (κ3) is 5.52. The molecule has 1 N–H and O–H groups in total. The van der Waals surface area contributed by atoms with Gasteiger partial charge >= 0.3 is 6.09 Å². The maximum absolute atomic E-state index is 12.7. The molecule has 3 rings (SSSR count). The molecule has 2 aromatic rings. The summed E-state index contributed by atoms with van der Waals surface area (Å²) in [4.78, 5) is 24.6. The predicted octanol–water partition coefficient (Wildman–Crippen LogP) is 6.19. The van der Waals surface area contributed by atoms with Crippen LogP contribution in [0.1, 0.15) is 44.9 Å². The van der Waals surface area contributed by atoms with Gasteiger partial charge in [0.15, 0.2) is 17.6 Å². The second kappa shape index (κ2) is 10.0. The smallest absolute Gasteiger partial charge is 0.412 e. The van der Waals surface area contributed by atoms with Crippen LogP contribution in [0.3, 0.4) is 0 Å². The van der Waals surface area contributed by atoms with Gasteiger partial charge in [0, 0.05) is 28.7 Å². The fourth-order valence-electron chi connectivity index (χ4n) is 3.74. The number of non-ortho nitro benzene ring substituents is 1. The average Bonchev–Trinajstić information content (AvgIpc) is 3.00. The third-order valence-electron chi connectivity index (χ3n) is 6.98. The molecule has 2 atom stereocenters. The number of amides is 1. The van der Waals surface area contributed by atoms with Crippen molar-refractivity contribution in [3.63, 3.8) is 0 Å². The Labute approximate surface area is 220 Å². The first-order valence-electron chi connectivity index (χ1n) is 11.6. The van der Waals surface area contributed by atoms with Gasteiger partial charge in [-0.05, 0) is 55.2 Å². The van der Waals surface area contributed by atoms with E-state index in [2.05, 4.69) is 49.8 Å². The van der Waals surface area contributed by atoms with Crippen molar-refractivity contribution in [3.8, 4) is 11.5 Å². The van der Waals surface area contributed by atoms with Crippen molar-refractivity contribution in [2.24, 2.45) is 0 Å². The Morgan fingerprint density at radius 1 is 1.22 bits per heavy atom. The summed E-state index contributed by atoms with van der Waals surface area (Å²) in [5.74, 6) is 1.28. The molecule has 0 radical (unpaired) electrons. The Morgan fingerprint density at radius 2 is 1.89 bits per heavy atom. The van der Waals surface area contributed by atoms with Crippen molar-refractivity contribution in [3.05, 3.63) is 62.1 Å². The quantitative estimate of drug-likeness (QED) is 0.225. The van der Waals surface area contributed by atoms with Crippen molar-refractivity contribution < 1.29 is 28.7 Å². The van der Waals surface area contributed by atoms with E-state index in [0.717, 1.165) is 5.56 Å². The highest BCUT2D eigenvalue weighted by molar-refractivity contribution is 9.10. The molecule has 9 nitrogen and oxygen atoms in total. The van der Waals surface area contributed by atoms with Gasteiger partial charge in [-0.3, -0.25) is 15.0 Å². The number of carbonyl (C=O) groups is 1. The number of carbonyl (C=O) groups excluding carboxylic acids is 1. The van der Waals surface area contributed by atoms with E-state index in [4.69, 9.17) is 13.9 Å². The molecule has 1 aliphatic heterocycles. The molecular formula is C25H33BrN2O7Si. The van der Waals surface area contributed by atoms with Crippen LogP contribution in [-0.4, -0.2) is 48.7 Å². The summed E-state index contributed by atoms with van der Waals surface area (Å²) in [6.45, 7) is 12.5. The zero-order chi connectivity index (χ0) is 27.1. The summed E-state index contributed by atoms with van der Waals surface area (Å²) >= 11 is 3.35. The molecule has 1 aliphatic rings. The minimum Gasteiger partial charge on any atom is -0.541 e. The van der Waals surface area contributed by atoms with E-state index < -0.39 is 31.2 Å². The largest absolute Gasteiger partial charge is 0.541 e. The SMILES string of the molecule is COc1cc(CCN2C(=O)OC(c3cc([N+](=O)[O-])ccc3Br)C2(C)O)ccc1O[Si](C)(C)C(C)(C)C. The molecule has 0 saturated carbocycles. The number of hydrogen-bond acceptors (Lipinski definition) is 7. The monoisotopic (exact) mass is 580 g/mol. The Kier molecular flexibility index (Phi) is 7.78. The maximum Gasteiger partial charge on any atom is 0.412 e. The summed E-state index contributed by atoms with van der Waals surface area (Å²) in [7, 11) is -0.478. The van der Waals surface area contributed by atoms with E-state index >= 15 is 0 Å². The molecule has 2 unspecified atom stereocenters. The number of methoxy groups -OCH3 is 1. The first-order valence-corrected chi connectivity index (χ1v) is 15.3. The molecule has 0 aromatic heterocycles. The number of halogens is 1. The average molecular weight is 582 g/mol. The fourth-order valence-corrected chi connectivity index (χ4v) is 5.22. The van der Waals surface area contributed by atoms with Crippen molar-refractivity contribution in [1.82, 2.24) is 4.90 Å². The molecule has 1 saturated heterocycles. The van der Waals surface area contributed by atoms with Gasteiger partial charge in [-0.1, -0.05) is 42.8 Å². The first kappa shape index (κ1) is 27.9. The van der Waals surface area contributed by atoms with Gasteiger partial charge in [-0.2, -0.15) is 0 Å². The molecule has 196 valence electrons. The highest BCUT2D eigenvalue weighted by atomic mass is 79.9. The van der Waals surface area contributed by atoms with Crippen molar-refractivity contribution in [1.29, 1.82) is 0 Å². The highest BCUT2D eigenvalue weighted by Gasteiger charge is 2.52. The van der Waals surface area contributed by atoms with E-state index in [1.54, 1.807) is 7.11 Å². The molecule has 1 heterocycles. The number of hydrogen-bond donors (Lipinski definition) is 1. The third-order valence-corrected chi connectivity index (χ3v) is 12.0. The lowest BCUT2D eigenvalue weighted by Gasteiger charge is -2.36. The topological polar surface area (TPSA) is 111 Å². The standard InChI is InChI=1S/C25H33BrN2O7Si/c1-24(2,3)36(6,7)35-20-11-8-16(14-21(20)33-5)12-13-27-23(29)34-22(25(27,4)30)18-15-17(28(31)32)9-10-19(18)26/h8-11,14-15,22,30H,12-13H2,1-7H3. The van der Waals surface area contributed by atoms with Crippen molar-refractivity contribution in [2.45, 2.75) is 64.1 Å². The van der Waals surface area contributed by atoms with Crippen LogP contribution >= 0.6 is 15.9 Å². The Hall–Kier alpha value is -2.63. The summed E-state index contributed by atoms with van der Waals surface area (Å²) in [5.41, 5.74) is -0.674. The second-order valence-electron chi connectivity index (χ2n) is 10.6. The molecule has 1 fully saturated rings. The van der Waals surface area contributed by atoms with Crippen LogP contribution in [-0.2, 0) is 11.2 Å². The highest BCUT2D eigenvalue weighted by Crippen LogP contribution is 2.43. The number of nitrogens with zero attached hydrogens (tertiary/aromatic N) is 2.